The zero-order valence-corrected chi connectivity index (χ0v) is 12.9. The standard InChI is InChI=1S/C16H15ClN2OS/c17-15-7-6-14(21-15)16(13-5-3-11-20-13)19-10-8-12-4-1-2-9-18-12/h1-7,9,11,16,19H,8,10H2. The Morgan fingerprint density at radius 3 is 2.81 bits per heavy atom. The topological polar surface area (TPSA) is 38.1 Å². The smallest absolute Gasteiger partial charge is 0.126 e. The largest absolute Gasteiger partial charge is 0.467 e. The molecular weight excluding hydrogens is 304 g/mol. The van der Waals surface area contributed by atoms with E-state index in [0.29, 0.717) is 0 Å². The van der Waals surface area contributed by atoms with E-state index >= 15 is 0 Å². The molecule has 3 aromatic heterocycles. The minimum atomic E-state index is 0.0289. The lowest BCUT2D eigenvalue weighted by atomic mass is 10.1. The zero-order valence-electron chi connectivity index (χ0n) is 11.3. The Morgan fingerprint density at radius 1 is 1.19 bits per heavy atom. The highest BCUT2D eigenvalue weighted by Crippen LogP contribution is 2.31. The molecule has 3 rings (SSSR count). The van der Waals surface area contributed by atoms with E-state index in [1.54, 1.807) is 17.6 Å². The molecule has 3 nitrogen and oxygen atoms in total. The average molecular weight is 319 g/mol. The highest BCUT2D eigenvalue weighted by Gasteiger charge is 2.18. The van der Waals surface area contributed by atoms with Crippen molar-refractivity contribution in [3.63, 3.8) is 0 Å². The quantitative estimate of drug-likeness (QED) is 0.736. The molecule has 0 saturated carbocycles. The molecule has 3 heterocycles. The van der Waals surface area contributed by atoms with E-state index in [1.807, 2.05) is 48.7 Å². The van der Waals surface area contributed by atoms with Crippen molar-refractivity contribution in [3.8, 4) is 0 Å². The van der Waals surface area contributed by atoms with Gasteiger partial charge in [-0.15, -0.1) is 11.3 Å². The van der Waals surface area contributed by atoms with Crippen molar-refractivity contribution in [3.05, 3.63) is 75.6 Å². The van der Waals surface area contributed by atoms with Crippen LogP contribution in [0.4, 0.5) is 0 Å². The first-order valence-corrected chi connectivity index (χ1v) is 7.94. The number of rotatable bonds is 6. The molecule has 0 radical (unpaired) electrons. The van der Waals surface area contributed by atoms with Crippen LogP contribution >= 0.6 is 22.9 Å². The summed E-state index contributed by atoms with van der Waals surface area (Å²) in [6.45, 7) is 0.817. The van der Waals surface area contributed by atoms with E-state index in [4.69, 9.17) is 16.0 Å². The highest BCUT2D eigenvalue weighted by atomic mass is 35.5. The molecule has 1 N–H and O–H groups in total. The van der Waals surface area contributed by atoms with Crippen LogP contribution < -0.4 is 5.32 Å². The third kappa shape index (κ3) is 3.73. The first-order valence-electron chi connectivity index (χ1n) is 6.75. The van der Waals surface area contributed by atoms with Crippen molar-refractivity contribution in [1.82, 2.24) is 10.3 Å². The molecule has 0 aliphatic carbocycles. The summed E-state index contributed by atoms with van der Waals surface area (Å²) in [6.07, 6.45) is 4.38. The summed E-state index contributed by atoms with van der Waals surface area (Å²) in [6, 6.07) is 13.8. The second-order valence-corrected chi connectivity index (χ2v) is 6.36. The Labute approximate surface area is 132 Å². The predicted octanol–water partition coefficient (Wildman–Crippen LogP) is 4.31. The van der Waals surface area contributed by atoms with Crippen molar-refractivity contribution in [2.24, 2.45) is 0 Å². The minimum absolute atomic E-state index is 0.0289. The summed E-state index contributed by atoms with van der Waals surface area (Å²) >= 11 is 7.61. The Morgan fingerprint density at radius 2 is 2.14 bits per heavy atom. The van der Waals surface area contributed by atoms with Gasteiger partial charge in [0.15, 0.2) is 0 Å². The van der Waals surface area contributed by atoms with E-state index in [0.717, 1.165) is 33.6 Å². The Hall–Kier alpha value is -1.62. The van der Waals surface area contributed by atoms with E-state index in [-0.39, 0.29) is 6.04 Å². The van der Waals surface area contributed by atoms with E-state index < -0.39 is 0 Å². The predicted molar refractivity (Wildman–Crippen MR) is 85.8 cm³/mol. The van der Waals surface area contributed by atoms with Gasteiger partial charge in [-0.05, 0) is 36.4 Å². The number of furan rings is 1. The van der Waals surface area contributed by atoms with Gasteiger partial charge in [-0.25, -0.2) is 0 Å². The molecule has 5 heteroatoms. The molecule has 0 saturated heterocycles. The van der Waals surface area contributed by atoms with E-state index in [2.05, 4.69) is 10.3 Å². The van der Waals surface area contributed by atoms with Gasteiger partial charge in [0.2, 0.25) is 0 Å². The Balaban J connectivity index is 1.68. The summed E-state index contributed by atoms with van der Waals surface area (Å²) in [4.78, 5) is 5.48. The second kappa shape index (κ2) is 6.89. The maximum atomic E-state index is 6.05. The number of thiophene rings is 1. The van der Waals surface area contributed by atoms with Crippen LogP contribution in [0.5, 0.6) is 0 Å². The summed E-state index contributed by atoms with van der Waals surface area (Å²) in [5.41, 5.74) is 1.08. The number of halogens is 1. The average Bonchev–Trinajstić information content (AvgIpc) is 3.16. The van der Waals surface area contributed by atoms with E-state index in [9.17, 15) is 0 Å². The van der Waals surface area contributed by atoms with Gasteiger partial charge in [-0.2, -0.15) is 0 Å². The van der Waals surface area contributed by atoms with Crippen LogP contribution in [0.2, 0.25) is 4.34 Å². The van der Waals surface area contributed by atoms with Gasteiger partial charge >= 0.3 is 0 Å². The second-order valence-electron chi connectivity index (χ2n) is 4.62. The fraction of sp³-hybridized carbons (Fsp3) is 0.188. The summed E-state index contributed by atoms with van der Waals surface area (Å²) in [5, 5.41) is 3.52. The van der Waals surface area contributed by atoms with Gasteiger partial charge in [0, 0.05) is 29.7 Å². The molecule has 21 heavy (non-hydrogen) atoms. The van der Waals surface area contributed by atoms with Gasteiger partial charge in [0.05, 0.1) is 10.6 Å². The zero-order chi connectivity index (χ0) is 14.5. The third-order valence-corrected chi connectivity index (χ3v) is 4.46. The summed E-state index contributed by atoms with van der Waals surface area (Å²) < 4.78 is 6.33. The number of aromatic nitrogens is 1. The molecule has 0 aliphatic heterocycles. The number of hydrogen-bond acceptors (Lipinski definition) is 4. The van der Waals surface area contributed by atoms with Gasteiger partial charge in [0.25, 0.3) is 0 Å². The van der Waals surface area contributed by atoms with Crippen molar-refractivity contribution >= 4 is 22.9 Å². The molecule has 0 spiro atoms. The van der Waals surface area contributed by atoms with Crippen LogP contribution in [0, 0.1) is 0 Å². The fourth-order valence-corrected chi connectivity index (χ4v) is 3.32. The van der Waals surface area contributed by atoms with Crippen LogP contribution in [0.15, 0.2) is 59.3 Å². The maximum Gasteiger partial charge on any atom is 0.126 e. The maximum absolute atomic E-state index is 6.05. The Kier molecular flexibility index (Phi) is 4.70. The van der Waals surface area contributed by atoms with E-state index in [1.165, 1.54) is 0 Å². The Bertz CT molecular complexity index is 667. The lowest BCUT2D eigenvalue weighted by Crippen LogP contribution is -2.23. The summed E-state index contributed by atoms with van der Waals surface area (Å²) in [7, 11) is 0. The molecule has 0 bridgehead atoms. The number of hydrogen-bond donors (Lipinski definition) is 1. The highest BCUT2D eigenvalue weighted by molar-refractivity contribution is 7.16. The van der Waals surface area contributed by atoms with Crippen LogP contribution in [0.3, 0.4) is 0 Å². The molecule has 0 aliphatic rings. The SMILES string of the molecule is Clc1ccc(C(NCCc2ccccn2)c2ccco2)s1. The normalized spacial score (nSPS) is 12.4. The molecular formula is C16H15ClN2OS. The van der Waals surface area contributed by atoms with Crippen LogP contribution in [-0.4, -0.2) is 11.5 Å². The number of pyridine rings is 1. The first-order chi connectivity index (χ1) is 10.3. The van der Waals surface area contributed by atoms with Gasteiger partial charge in [0.1, 0.15) is 11.8 Å². The monoisotopic (exact) mass is 318 g/mol. The number of nitrogens with zero attached hydrogens (tertiary/aromatic N) is 1. The van der Waals surface area contributed by atoms with Crippen molar-refractivity contribution in [2.75, 3.05) is 6.54 Å². The number of nitrogens with one attached hydrogen (secondary N) is 1. The van der Waals surface area contributed by atoms with Crippen molar-refractivity contribution in [1.29, 1.82) is 0 Å². The lowest BCUT2D eigenvalue weighted by Gasteiger charge is -2.15. The third-order valence-electron chi connectivity index (χ3n) is 3.16. The molecule has 3 aromatic rings. The summed E-state index contributed by atoms with van der Waals surface area (Å²) in [5.74, 6) is 0.898. The fourth-order valence-electron chi connectivity index (χ4n) is 2.17. The van der Waals surface area contributed by atoms with Gasteiger partial charge < -0.3 is 9.73 Å². The van der Waals surface area contributed by atoms with Crippen LogP contribution in [-0.2, 0) is 6.42 Å². The van der Waals surface area contributed by atoms with Crippen LogP contribution in [0.25, 0.3) is 0 Å². The van der Waals surface area contributed by atoms with Gasteiger partial charge in [-0.3, -0.25) is 4.98 Å². The molecule has 108 valence electrons. The molecule has 1 atom stereocenters. The van der Waals surface area contributed by atoms with Crippen molar-refractivity contribution < 1.29 is 4.42 Å². The van der Waals surface area contributed by atoms with Crippen molar-refractivity contribution in [2.45, 2.75) is 12.5 Å². The minimum Gasteiger partial charge on any atom is -0.467 e. The molecule has 1 unspecified atom stereocenters. The molecule has 0 amide bonds. The molecule has 0 fully saturated rings. The van der Waals surface area contributed by atoms with Crippen LogP contribution in [0.1, 0.15) is 22.4 Å². The lowest BCUT2D eigenvalue weighted by molar-refractivity contribution is 0.450. The first kappa shape index (κ1) is 14.3. The molecule has 0 aromatic carbocycles. The van der Waals surface area contributed by atoms with Gasteiger partial charge in [-0.1, -0.05) is 17.7 Å².